The van der Waals surface area contributed by atoms with Crippen molar-refractivity contribution in [3.8, 4) is 0 Å². The summed E-state index contributed by atoms with van der Waals surface area (Å²) >= 11 is 0. The van der Waals surface area contributed by atoms with Crippen LogP contribution in [0.4, 0.5) is 0 Å². The predicted octanol–water partition coefficient (Wildman–Crippen LogP) is 0.766. The molecular formula is C11H22N2O2. The molecule has 0 amide bonds. The molecule has 0 spiro atoms. The smallest absolute Gasteiger partial charge is 0.321 e. The molecule has 0 saturated carbocycles. The van der Waals surface area contributed by atoms with Gasteiger partial charge in [-0.1, -0.05) is 13.8 Å². The van der Waals surface area contributed by atoms with Crippen LogP contribution in [0.25, 0.3) is 0 Å². The van der Waals surface area contributed by atoms with Crippen LogP contribution in [0.1, 0.15) is 26.7 Å². The SMILES string of the molecule is CN1CCC(C(C)(C)C(N)C(=O)O)CC1. The third-order valence-corrected chi connectivity index (χ3v) is 3.84. The molecule has 0 aliphatic carbocycles. The standard InChI is InChI=1S/C11H22N2O2/c1-11(2,9(12)10(14)15)8-4-6-13(3)7-5-8/h8-9H,4-7,12H2,1-3H3,(H,14,15). The fourth-order valence-corrected chi connectivity index (χ4v) is 2.32. The van der Waals surface area contributed by atoms with Gasteiger partial charge in [-0.3, -0.25) is 4.79 Å². The van der Waals surface area contributed by atoms with Crippen molar-refractivity contribution >= 4 is 5.97 Å². The maximum atomic E-state index is 10.9. The molecule has 3 N–H and O–H groups in total. The van der Waals surface area contributed by atoms with Crippen LogP contribution in [-0.2, 0) is 4.79 Å². The van der Waals surface area contributed by atoms with Gasteiger partial charge in [0.2, 0.25) is 0 Å². The van der Waals surface area contributed by atoms with Crippen LogP contribution in [-0.4, -0.2) is 42.2 Å². The topological polar surface area (TPSA) is 66.6 Å². The highest BCUT2D eigenvalue weighted by Crippen LogP contribution is 2.36. The Labute approximate surface area is 91.4 Å². The molecule has 1 atom stereocenters. The number of rotatable bonds is 3. The van der Waals surface area contributed by atoms with Gasteiger partial charge in [0.1, 0.15) is 6.04 Å². The van der Waals surface area contributed by atoms with E-state index in [1.54, 1.807) is 0 Å². The number of carboxylic acid groups (broad SMARTS) is 1. The van der Waals surface area contributed by atoms with E-state index in [4.69, 9.17) is 10.8 Å². The van der Waals surface area contributed by atoms with E-state index in [2.05, 4.69) is 11.9 Å². The highest BCUT2D eigenvalue weighted by atomic mass is 16.4. The van der Waals surface area contributed by atoms with Crippen molar-refractivity contribution in [3.63, 3.8) is 0 Å². The molecule has 4 heteroatoms. The van der Waals surface area contributed by atoms with Crippen molar-refractivity contribution in [2.45, 2.75) is 32.7 Å². The average molecular weight is 214 g/mol. The summed E-state index contributed by atoms with van der Waals surface area (Å²) in [6.07, 6.45) is 2.09. The first-order chi connectivity index (χ1) is 6.85. The number of likely N-dealkylation sites (tertiary alicyclic amines) is 1. The van der Waals surface area contributed by atoms with Crippen molar-refractivity contribution in [1.29, 1.82) is 0 Å². The molecule has 15 heavy (non-hydrogen) atoms. The maximum absolute atomic E-state index is 10.9. The zero-order valence-corrected chi connectivity index (χ0v) is 9.86. The minimum absolute atomic E-state index is 0.312. The highest BCUT2D eigenvalue weighted by molar-refractivity contribution is 5.74. The number of carbonyl (C=O) groups is 1. The van der Waals surface area contributed by atoms with Crippen molar-refractivity contribution in [1.82, 2.24) is 4.90 Å². The predicted molar refractivity (Wildman–Crippen MR) is 59.6 cm³/mol. The summed E-state index contributed by atoms with van der Waals surface area (Å²) in [7, 11) is 2.10. The monoisotopic (exact) mass is 214 g/mol. The van der Waals surface area contributed by atoms with Gasteiger partial charge in [0.25, 0.3) is 0 Å². The third-order valence-electron chi connectivity index (χ3n) is 3.84. The lowest BCUT2D eigenvalue weighted by Gasteiger charge is -2.41. The Balaban J connectivity index is 2.65. The molecule has 1 heterocycles. The zero-order valence-electron chi connectivity index (χ0n) is 9.86. The third kappa shape index (κ3) is 2.69. The second-order valence-electron chi connectivity index (χ2n) is 5.21. The van der Waals surface area contributed by atoms with E-state index >= 15 is 0 Å². The summed E-state index contributed by atoms with van der Waals surface area (Å²) in [4.78, 5) is 13.2. The number of carboxylic acids is 1. The molecule has 0 bridgehead atoms. The summed E-state index contributed by atoms with van der Waals surface area (Å²) < 4.78 is 0. The Bertz CT molecular complexity index is 233. The minimum Gasteiger partial charge on any atom is -0.480 e. The number of hydrogen-bond donors (Lipinski definition) is 2. The maximum Gasteiger partial charge on any atom is 0.321 e. The van der Waals surface area contributed by atoms with E-state index in [0.29, 0.717) is 5.92 Å². The van der Waals surface area contributed by atoms with Crippen LogP contribution in [0.15, 0.2) is 0 Å². The normalized spacial score (nSPS) is 22.7. The van der Waals surface area contributed by atoms with Gasteiger partial charge in [0.05, 0.1) is 0 Å². The second-order valence-corrected chi connectivity index (χ2v) is 5.21. The Kier molecular flexibility index (Phi) is 3.73. The Hall–Kier alpha value is -0.610. The van der Waals surface area contributed by atoms with Crippen LogP contribution >= 0.6 is 0 Å². The molecule has 88 valence electrons. The van der Waals surface area contributed by atoms with Crippen molar-refractivity contribution in [3.05, 3.63) is 0 Å². The molecule has 1 aliphatic rings. The molecule has 1 saturated heterocycles. The van der Waals surface area contributed by atoms with Gasteiger partial charge in [-0.05, 0) is 44.3 Å². The molecule has 0 aromatic heterocycles. The molecule has 1 rings (SSSR count). The first-order valence-electron chi connectivity index (χ1n) is 5.52. The summed E-state index contributed by atoms with van der Waals surface area (Å²) in [5, 5.41) is 8.96. The summed E-state index contributed by atoms with van der Waals surface area (Å²) in [6.45, 7) is 6.03. The fraction of sp³-hybridized carbons (Fsp3) is 0.909. The molecule has 0 radical (unpaired) electrons. The molecule has 1 unspecified atom stereocenters. The average Bonchev–Trinajstić information content (AvgIpc) is 2.17. The van der Waals surface area contributed by atoms with E-state index in [0.717, 1.165) is 25.9 Å². The zero-order chi connectivity index (χ0) is 11.6. The molecule has 0 aromatic carbocycles. The molecule has 4 nitrogen and oxygen atoms in total. The number of aliphatic carboxylic acids is 1. The largest absolute Gasteiger partial charge is 0.480 e. The van der Waals surface area contributed by atoms with E-state index in [-0.39, 0.29) is 5.41 Å². The van der Waals surface area contributed by atoms with Crippen LogP contribution in [0, 0.1) is 11.3 Å². The summed E-state index contributed by atoms with van der Waals surface area (Å²) in [5.41, 5.74) is 5.43. The number of piperidine rings is 1. The molecular weight excluding hydrogens is 192 g/mol. The summed E-state index contributed by atoms with van der Waals surface area (Å²) in [5.74, 6) is -0.473. The molecule has 1 aliphatic heterocycles. The molecule has 0 aromatic rings. The van der Waals surface area contributed by atoms with Gasteiger partial charge < -0.3 is 15.7 Å². The van der Waals surface area contributed by atoms with Crippen LogP contribution < -0.4 is 5.73 Å². The lowest BCUT2D eigenvalue weighted by molar-refractivity contribution is -0.142. The quantitative estimate of drug-likeness (QED) is 0.728. The second kappa shape index (κ2) is 4.49. The van der Waals surface area contributed by atoms with E-state index < -0.39 is 12.0 Å². The van der Waals surface area contributed by atoms with E-state index in [9.17, 15) is 4.79 Å². The van der Waals surface area contributed by atoms with E-state index in [1.807, 2.05) is 13.8 Å². The fourth-order valence-electron chi connectivity index (χ4n) is 2.32. The highest BCUT2D eigenvalue weighted by Gasteiger charge is 2.40. The molecule has 1 fully saturated rings. The van der Waals surface area contributed by atoms with E-state index in [1.165, 1.54) is 0 Å². The van der Waals surface area contributed by atoms with Gasteiger partial charge in [-0.25, -0.2) is 0 Å². The van der Waals surface area contributed by atoms with Crippen LogP contribution in [0.3, 0.4) is 0 Å². The Morgan fingerprint density at radius 2 is 1.93 bits per heavy atom. The first-order valence-corrected chi connectivity index (χ1v) is 5.52. The van der Waals surface area contributed by atoms with Gasteiger partial charge in [0.15, 0.2) is 0 Å². The summed E-state index contributed by atoms with van der Waals surface area (Å²) in [6, 6.07) is -0.758. The van der Waals surface area contributed by atoms with Crippen LogP contribution in [0.5, 0.6) is 0 Å². The Morgan fingerprint density at radius 3 is 2.33 bits per heavy atom. The van der Waals surface area contributed by atoms with Crippen molar-refractivity contribution in [2.75, 3.05) is 20.1 Å². The van der Waals surface area contributed by atoms with Gasteiger partial charge in [-0.2, -0.15) is 0 Å². The minimum atomic E-state index is -0.890. The van der Waals surface area contributed by atoms with Gasteiger partial charge in [-0.15, -0.1) is 0 Å². The van der Waals surface area contributed by atoms with Gasteiger partial charge >= 0.3 is 5.97 Å². The van der Waals surface area contributed by atoms with Gasteiger partial charge in [0, 0.05) is 0 Å². The van der Waals surface area contributed by atoms with Crippen molar-refractivity contribution < 1.29 is 9.90 Å². The van der Waals surface area contributed by atoms with Crippen molar-refractivity contribution in [2.24, 2.45) is 17.1 Å². The lowest BCUT2D eigenvalue weighted by atomic mass is 9.69. The number of hydrogen-bond acceptors (Lipinski definition) is 3. The van der Waals surface area contributed by atoms with Crippen LogP contribution in [0.2, 0.25) is 0 Å². The lowest BCUT2D eigenvalue weighted by Crippen LogP contribution is -2.50. The number of nitrogens with zero attached hydrogens (tertiary/aromatic N) is 1. The Morgan fingerprint density at radius 1 is 1.47 bits per heavy atom. The first kappa shape index (κ1) is 12.5. The number of nitrogens with two attached hydrogens (primary N) is 1.